The van der Waals surface area contributed by atoms with Crippen molar-refractivity contribution in [3.8, 4) is 6.07 Å². The number of rotatable bonds is 4. The van der Waals surface area contributed by atoms with Crippen molar-refractivity contribution < 1.29 is 18.0 Å². The SMILES string of the molecule is CC(=O)c1ccc(C#N)cc1N(C)CCC(F)(F)F. The smallest absolute Gasteiger partial charge is 0.374 e. The first kappa shape index (κ1) is 15.0. The zero-order chi connectivity index (χ0) is 14.6. The number of ketones is 1. The Morgan fingerprint density at radius 1 is 1.42 bits per heavy atom. The molecule has 19 heavy (non-hydrogen) atoms. The molecule has 0 saturated heterocycles. The third-order valence-corrected chi connectivity index (χ3v) is 2.65. The van der Waals surface area contributed by atoms with Crippen LogP contribution in [0.4, 0.5) is 18.9 Å². The molecule has 102 valence electrons. The molecule has 1 aromatic carbocycles. The molecular formula is C13H13F3N2O. The summed E-state index contributed by atoms with van der Waals surface area (Å²) in [6.07, 6.45) is -5.23. The molecule has 0 amide bonds. The first-order valence-corrected chi connectivity index (χ1v) is 5.57. The van der Waals surface area contributed by atoms with Crippen LogP contribution in [0.2, 0.25) is 0 Å². The van der Waals surface area contributed by atoms with E-state index in [4.69, 9.17) is 5.26 Å². The summed E-state index contributed by atoms with van der Waals surface area (Å²) in [6.45, 7) is 1.07. The van der Waals surface area contributed by atoms with Gasteiger partial charge in [-0.1, -0.05) is 0 Å². The lowest BCUT2D eigenvalue weighted by Crippen LogP contribution is -2.25. The normalized spacial score (nSPS) is 10.9. The third-order valence-electron chi connectivity index (χ3n) is 2.65. The molecule has 0 bridgehead atoms. The van der Waals surface area contributed by atoms with E-state index < -0.39 is 12.6 Å². The van der Waals surface area contributed by atoms with Crippen LogP contribution >= 0.6 is 0 Å². The van der Waals surface area contributed by atoms with Crippen molar-refractivity contribution in [2.24, 2.45) is 0 Å². The Labute approximate surface area is 109 Å². The minimum Gasteiger partial charge on any atom is -0.374 e. The molecule has 1 aromatic rings. The fourth-order valence-electron chi connectivity index (χ4n) is 1.63. The second kappa shape index (κ2) is 5.74. The van der Waals surface area contributed by atoms with Crippen molar-refractivity contribution in [3.63, 3.8) is 0 Å². The van der Waals surface area contributed by atoms with Crippen molar-refractivity contribution in [2.45, 2.75) is 19.5 Å². The van der Waals surface area contributed by atoms with Gasteiger partial charge in [0.2, 0.25) is 0 Å². The van der Waals surface area contributed by atoms with E-state index in [0.717, 1.165) is 0 Å². The molecule has 1 rings (SSSR count). The summed E-state index contributed by atoms with van der Waals surface area (Å²) < 4.78 is 36.6. The number of carbonyl (C=O) groups excluding carboxylic acids is 1. The van der Waals surface area contributed by atoms with Crippen LogP contribution in [0.5, 0.6) is 0 Å². The van der Waals surface area contributed by atoms with Gasteiger partial charge in [-0.25, -0.2) is 0 Å². The lowest BCUT2D eigenvalue weighted by Gasteiger charge is -2.22. The van der Waals surface area contributed by atoms with Gasteiger partial charge in [-0.15, -0.1) is 0 Å². The van der Waals surface area contributed by atoms with Crippen LogP contribution in [0.25, 0.3) is 0 Å². The number of Topliss-reactive ketones (excluding diaryl/α,β-unsaturated/α-hetero) is 1. The Bertz CT molecular complexity index is 518. The third kappa shape index (κ3) is 4.28. The van der Waals surface area contributed by atoms with Crippen LogP contribution < -0.4 is 4.90 Å². The number of nitriles is 1. The van der Waals surface area contributed by atoms with Crippen molar-refractivity contribution in [2.75, 3.05) is 18.5 Å². The Morgan fingerprint density at radius 3 is 2.53 bits per heavy atom. The van der Waals surface area contributed by atoms with E-state index in [1.807, 2.05) is 6.07 Å². The highest BCUT2D eigenvalue weighted by atomic mass is 19.4. The van der Waals surface area contributed by atoms with E-state index in [1.165, 1.54) is 37.1 Å². The maximum atomic E-state index is 12.2. The van der Waals surface area contributed by atoms with Crippen molar-refractivity contribution in [1.82, 2.24) is 0 Å². The van der Waals surface area contributed by atoms with Crippen molar-refractivity contribution in [1.29, 1.82) is 5.26 Å². The van der Waals surface area contributed by atoms with Gasteiger partial charge >= 0.3 is 6.18 Å². The van der Waals surface area contributed by atoms with Gasteiger partial charge in [0.05, 0.1) is 18.1 Å². The molecule has 0 N–H and O–H groups in total. The molecule has 0 aliphatic carbocycles. The van der Waals surface area contributed by atoms with Crippen molar-refractivity contribution in [3.05, 3.63) is 29.3 Å². The van der Waals surface area contributed by atoms with Gasteiger partial charge < -0.3 is 4.90 Å². The Kier molecular flexibility index (Phi) is 4.54. The summed E-state index contributed by atoms with van der Waals surface area (Å²) in [6, 6.07) is 6.25. The fraction of sp³-hybridized carbons (Fsp3) is 0.385. The second-order valence-corrected chi connectivity index (χ2v) is 4.19. The van der Waals surface area contributed by atoms with Crippen LogP contribution in [0.15, 0.2) is 18.2 Å². The van der Waals surface area contributed by atoms with E-state index in [0.29, 0.717) is 16.8 Å². The van der Waals surface area contributed by atoms with Gasteiger partial charge in [-0.3, -0.25) is 4.79 Å². The largest absolute Gasteiger partial charge is 0.390 e. The highest BCUT2D eigenvalue weighted by molar-refractivity contribution is 5.99. The standard InChI is InChI=1S/C13H13F3N2O/c1-9(19)11-4-3-10(8-17)7-12(11)18(2)6-5-13(14,15)16/h3-4,7H,5-6H2,1-2H3. The number of hydrogen-bond donors (Lipinski definition) is 0. The summed E-state index contributed by atoms with van der Waals surface area (Å²) in [4.78, 5) is 12.8. The first-order valence-electron chi connectivity index (χ1n) is 5.57. The molecule has 0 aliphatic rings. The molecule has 0 unspecified atom stereocenters. The molecule has 6 heteroatoms. The van der Waals surface area contributed by atoms with E-state index in [-0.39, 0.29) is 12.3 Å². The Hall–Kier alpha value is -2.03. The summed E-state index contributed by atoms with van der Waals surface area (Å²) >= 11 is 0. The van der Waals surface area contributed by atoms with E-state index >= 15 is 0 Å². The summed E-state index contributed by atoms with van der Waals surface area (Å²) in [5.41, 5.74) is 0.957. The summed E-state index contributed by atoms with van der Waals surface area (Å²) in [5, 5.41) is 8.80. The lowest BCUT2D eigenvalue weighted by molar-refractivity contribution is -0.132. The van der Waals surface area contributed by atoms with Gasteiger partial charge in [-0.05, 0) is 25.1 Å². The van der Waals surface area contributed by atoms with Crippen LogP contribution in [0, 0.1) is 11.3 Å². The Balaban J connectivity index is 3.03. The van der Waals surface area contributed by atoms with Crippen molar-refractivity contribution >= 4 is 11.5 Å². The molecule has 0 radical (unpaired) electrons. The number of alkyl halides is 3. The van der Waals surface area contributed by atoms with Crippen LogP contribution in [-0.2, 0) is 0 Å². The average Bonchev–Trinajstić information content (AvgIpc) is 2.34. The molecule has 0 saturated carbocycles. The highest BCUT2D eigenvalue weighted by Crippen LogP contribution is 2.25. The molecule has 3 nitrogen and oxygen atoms in total. The maximum absolute atomic E-state index is 12.2. The molecule has 0 aromatic heterocycles. The summed E-state index contributed by atoms with van der Waals surface area (Å²) in [7, 11) is 1.47. The highest BCUT2D eigenvalue weighted by Gasteiger charge is 2.27. The van der Waals surface area contributed by atoms with E-state index in [2.05, 4.69) is 0 Å². The molecule has 0 atom stereocenters. The number of halogens is 3. The van der Waals surface area contributed by atoms with Gasteiger partial charge in [-0.2, -0.15) is 18.4 Å². The number of benzene rings is 1. The van der Waals surface area contributed by atoms with Crippen LogP contribution in [0.1, 0.15) is 29.3 Å². The van der Waals surface area contributed by atoms with Crippen LogP contribution in [0.3, 0.4) is 0 Å². The maximum Gasteiger partial charge on any atom is 0.390 e. The fourth-order valence-corrected chi connectivity index (χ4v) is 1.63. The number of nitrogens with zero attached hydrogens (tertiary/aromatic N) is 2. The summed E-state index contributed by atoms with van der Waals surface area (Å²) in [5.74, 6) is -0.252. The van der Waals surface area contributed by atoms with Gasteiger partial charge in [0.25, 0.3) is 0 Å². The number of hydrogen-bond acceptors (Lipinski definition) is 3. The average molecular weight is 270 g/mol. The number of carbonyl (C=O) groups is 1. The van der Waals surface area contributed by atoms with E-state index in [9.17, 15) is 18.0 Å². The molecule has 0 fully saturated rings. The zero-order valence-corrected chi connectivity index (χ0v) is 10.6. The Morgan fingerprint density at radius 2 is 2.05 bits per heavy atom. The quantitative estimate of drug-likeness (QED) is 0.789. The minimum absolute atomic E-state index is 0.252. The van der Waals surface area contributed by atoms with Gasteiger partial charge in [0.15, 0.2) is 5.78 Å². The molecular weight excluding hydrogens is 257 g/mol. The predicted octanol–water partition coefficient (Wildman–Crippen LogP) is 3.15. The van der Waals surface area contributed by atoms with Gasteiger partial charge in [0, 0.05) is 24.8 Å². The predicted molar refractivity (Wildman–Crippen MR) is 65.1 cm³/mol. The zero-order valence-electron chi connectivity index (χ0n) is 10.6. The monoisotopic (exact) mass is 270 g/mol. The minimum atomic E-state index is -4.25. The molecule has 0 aliphatic heterocycles. The van der Waals surface area contributed by atoms with Gasteiger partial charge in [0.1, 0.15) is 0 Å². The molecule has 0 heterocycles. The molecule has 0 spiro atoms. The topological polar surface area (TPSA) is 44.1 Å². The van der Waals surface area contributed by atoms with Crippen LogP contribution in [-0.4, -0.2) is 25.6 Å². The number of anilines is 1. The lowest BCUT2D eigenvalue weighted by atomic mass is 10.1. The first-order chi connectivity index (χ1) is 8.74. The van der Waals surface area contributed by atoms with E-state index in [1.54, 1.807) is 0 Å². The second-order valence-electron chi connectivity index (χ2n) is 4.19.